The van der Waals surface area contributed by atoms with Crippen molar-refractivity contribution in [3.05, 3.63) is 36.4 Å². The predicted molar refractivity (Wildman–Crippen MR) is 82.4 cm³/mol. The molecule has 1 unspecified atom stereocenters. The third-order valence-corrected chi connectivity index (χ3v) is 6.83. The van der Waals surface area contributed by atoms with Crippen LogP contribution in [0.2, 0.25) is 18.6 Å². The minimum atomic E-state index is -2.10. The van der Waals surface area contributed by atoms with E-state index in [0.29, 0.717) is 15.5 Å². The molecular formula is C13H19BO3Si2. The first-order valence-corrected chi connectivity index (χ1v) is 9.96. The van der Waals surface area contributed by atoms with Crippen LogP contribution in [0.25, 0.3) is 0 Å². The highest BCUT2D eigenvalue weighted by molar-refractivity contribution is 7.14. The van der Waals surface area contributed by atoms with E-state index in [1.807, 2.05) is 24.8 Å². The molecule has 6 heteroatoms. The van der Waals surface area contributed by atoms with Gasteiger partial charge in [0, 0.05) is 0 Å². The van der Waals surface area contributed by atoms with Gasteiger partial charge in [-0.1, -0.05) is 18.7 Å². The minimum absolute atomic E-state index is 0.155. The molecule has 0 spiro atoms. The van der Waals surface area contributed by atoms with Gasteiger partial charge < -0.3 is 14.0 Å². The van der Waals surface area contributed by atoms with Gasteiger partial charge in [-0.2, -0.15) is 0 Å². The van der Waals surface area contributed by atoms with E-state index in [-0.39, 0.29) is 5.75 Å². The van der Waals surface area contributed by atoms with Gasteiger partial charge in [0.1, 0.15) is 8.19 Å². The fourth-order valence-electron chi connectivity index (χ4n) is 1.59. The summed E-state index contributed by atoms with van der Waals surface area (Å²) < 4.78 is 10.9. The number of hydrogen-bond acceptors (Lipinski definition) is 3. The monoisotopic (exact) mass is 290 g/mol. The lowest BCUT2D eigenvalue weighted by atomic mass is 10.1. The maximum Gasteiger partial charge on any atom is 0.218 e. The summed E-state index contributed by atoms with van der Waals surface area (Å²) in [6.07, 6.45) is 2.67. The Labute approximate surface area is 120 Å². The zero-order chi connectivity index (χ0) is 14.3. The van der Waals surface area contributed by atoms with E-state index in [2.05, 4.69) is 6.58 Å². The molecule has 3 nitrogen and oxygen atoms in total. The maximum atomic E-state index is 9.53. The third-order valence-electron chi connectivity index (χ3n) is 2.69. The molecule has 0 fully saturated rings. The van der Waals surface area contributed by atoms with Gasteiger partial charge in [-0.3, -0.25) is 0 Å². The van der Waals surface area contributed by atoms with Crippen LogP contribution in [-0.4, -0.2) is 37.6 Å². The molecule has 4 radical (unpaired) electrons. The molecule has 1 atom stereocenters. The van der Waals surface area contributed by atoms with Gasteiger partial charge in [0.2, 0.25) is 9.76 Å². The topological polar surface area (TPSA) is 38.7 Å². The molecule has 1 aromatic rings. The highest BCUT2D eigenvalue weighted by Crippen LogP contribution is 2.27. The SMILES string of the molecule is [B][Si](C)(CCc1ccc(O)c(OC)c1)O[Si]CC=C. The van der Waals surface area contributed by atoms with E-state index in [1.54, 1.807) is 13.2 Å². The molecule has 0 saturated heterocycles. The van der Waals surface area contributed by atoms with Gasteiger partial charge >= 0.3 is 0 Å². The summed E-state index contributed by atoms with van der Waals surface area (Å²) >= 11 is 0. The van der Waals surface area contributed by atoms with E-state index in [1.165, 1.54) is 0 Å². The molecule has 0 aromatic heterocycles. The van der Waals surface area contributed by atoms with E-state index in [9.17, 15) is 5.11 Å². The largest absolute Gasteiger partial charge is 0.504 e. The van der Waals surface area contributed by atoms with Crippen LogP contribution >= 0.6 is 0 Å². The number of aromatic hydroxyl groups is 1. The fourth-order valence-corrected chi connectivity index (χ4v) is 4.55. The summed E-state index contributed by atoms with van der Waals surface area (Å²) in [4.78, 5) is 0. The summed E-state index contributed by atoms with van der Waals surface area (Å²) in [6.45, 7) is 5.68. The van der Waals surface area contributed by atoms with Crippen LogP contribution in [0.3, 0.4) is 0 Å². The number of rotatable bonds is 8. The Kier molecular flexibility index (Phi) is 6.40. The number of ether oxygens (including phenoxy) is 1. The zero-order valence-electron chi connectivity index (χ0n) is 11.5. The van der Waals surface area contributed by atoms with Crippen LogP contribution in [0.1, 0.15) is 5.56 Å². The van der Waals surface area contributed by atoms with Crippen LogP contribution in [0.5, 0.6) is 11.5 Å². The third kappa shape index (κ3) is 5.67. The van der Waals surface area contributed by atoms with E-state index in [0.717, 1.165) is 24.1 Å². The van der Waals surface area contributed by atoms with Crippen LogP contribution in [0, 0.1) is 0 Å². The normalized spacial score (nSPS) is 13.8. The summed E-state index contributed by atoms with van der Waals surface area (Å²) in [7, 11) is 6.05. The number of phenols is 1. The fraction of sp³-hybridized carbons (Fsp3) is 0.385. The van der Waals surface area contributed by atoms with Crippen molar-refractivity contribution in [2.75, 3.05) is 7.11 Å². The average Bonchev–Trinajstić information content (AvgIpc) is 2.38. The number of aryl methyl sites for hydroxylation is 1. The molecule has 0 aliphatic heterocycles. The number of benzene rings is 1. The quantitative estimate of drug-likeness (QED) is 0.454. The van der Waals surface area contributed by atoms with Crippen molar-refractivity contribution in [2.45, 2.75) is 25.1 Å². The molecule has 0 amide bonds. The summed E-state index contributed by atoms with van der Waals surface area (Å²) in [5, 5.41) is 9.53. The molecule has 0 aliphatic rings. The Morgan fingerprint density at radius 2 is 2.26 bits per heavy atom. The second-order valence-electron chi connectivity index (χ2n) is 4.56. The average molecular weight is 290 g/mol. The van der Waals surface area contributed by atoms with E-state index in [4.69, 9.17) is 16.3 Å². The molecule has 1 N–H and O–H groups in total. The molecule has 0 heterocycles. The molecule has 19 heavy (non-hydrogen) atoms. The summed E-state index contributed by atoms with van der Waals surface area (Å²) in [5.41, 5.74) is 1.09. The van der Waals surface area contributed by atoms with Crippen molar-refractivity contribution in [3.63, 3.8) is 0 Å². The van der Waals surface area contributed by atoms with Crippen LogP contribution < -0.4 is 4.74 Å². The molecule has 100 valence electrons. The molecule has 1 rings (SSSR count). The van der Waals surface area contributed by atoms with Crippen molar-refractivity contribution in [1.82, 2.24) is 0 Å². The molecule has 0 saturated carbocycles. The number of allylic oxidation sites excluding steroid dienone is 1. The number of hydrogen-bond donors (Lipinski definition) is 1. The Morgan fingerprint density at radius 1 is 1.53 bits per heavy atom. The van der Waals surface area contributed by atoms with Crippen molar-refractivity contribution < 1.29 is 14.0 Å². The zero-order valence-corrected chi connectivity index (χ0v) is 13.5. The molecular weight excluding hydrogens is 271 g/mol. The Morgan fingerprint density at radius 3 is 2.89 bits per heavy atom. The lowest BCUT2D eigenvalue weighted by molar-refractivity contribution is 0.373. The lowest BCUT2D eigenvalue weighted by Crippen LogP contribution is -2.37. The number of methoxy groups -OCH3 is 1. The van der Waals surface area contributed by atoms with Gasteiger partial charge in [0.15, 0.2) is 11.5 Å². The minimum Gasteiger partial charge on any atom is -0.504 e. The first-order chi connectivity index (χ1) is 8.98. The molecule has 1 aromatic carbocycles. The first-order valence-electron chi connectivity index (χ1n) is 6.15. The van der Waals surface area contributed by atoms with Crippen molar-refractivity contribution in [3.8, 4) is 11.5 Å². The number of phenolic OH excluding ortho intramolecular Hbond substituents is 1. The lowest BCUT2D eigenvalue weighted by Gasteiger charge is -2.23. The highest BCUT2D eigenvalue weighted by Gasteiger charge is 2.20. The van der Waals surface area contributed by atoms with Crippen LogP contribution in [0.15, 0.2) is 30.9 Å². The van der Waals surface area contributed by atoms with Gasteiger partial charge in [0.05, 0.1) is 14.5 Å². The molecule has 0 bridgehead atoms. The Bertz CT molecular complexity index is 424. The van der Waals surface area contributed by atoms with Gasteiger partial charge in [-0.05, 0) is 36.2 Å². The van der Waals surface area contributed by atoms with E-state index < -0.39 is 8.19 Å². The van der Waals surface area contributed by atoms with Crippen molar-refractivity contribution >= 4 is 25.4 Å². The van der Waals surface area contributed by atoms with Gasteiger partial charge in [-0.25, -0.2) is 0 Å². The highest BCUT2D eigenvalue weighted by atomic mass is 28.4. The van der Waals surface area contributed by atoms with E-state index >= 15 is 0 Å². The smallest absolute Gasteiger partial charge is 0.218 e. The van der Waals surface area contributed by atoms with Gasteiger partial charge in [0.25, 0.3) is 0 Å². The first kappa shape index (κ1) is 16.1. The van der Waals surface area contributed by atoms with Gasteiger partial charge in [-0.15, -0.1) is 6.58 Å². The summed E-state index contributed by atoms with van der Waals surface area (Å²) in [6, 6.07) is 7.06. The molecule has 0 aliphatic carbocycles. The maximum absolute atomic E-state index is 9.53. The van der Waals surface area contributed by atoms with Crippen LogP contribution in [-0.2, 0) is 10.5 Å². The van der Waals surface area contributed by atoms with Crippen molar-refractivity contribution in [1.29, 1.82) is 0 Å². The Balaban J connectivity index is 2.53. The summed E-state index contributed by atoms with van der Waals surface area (Å²) in [5.74, 6) is 0.648. The predicted octanol–water partition coefficient (Wildman–Crippen LogP) is 2.42. The van der Waals surface area contributed by atoms with Crippen LogP contribution in [0.4, 0.5) is 0 Å². The second kappa shape index (κ2) is 7.57. The van der Waals surface area contributed by atoms with Crippen molar-refractivity contribution in [2.24, 2.45) is 0 Å². The standard InChI is InChI=1S/C13H19BO3Si2/c1-4-8-18-17-19(3,14)9-7-11-5-6-12(15)13(10-11)16-2/h4-6,10,15H,1,7-9H2,2-3H3. The second-order valence-corrected chi connectivity index (χ2v) is 9.20. The Hall–Kier alpha value is -0.981.